The van der Waals surface area contributed by atoms with Gasteiger partial charge in [-0.25, -0.2) is 0 Å². The smallest absolute Gasteiger partial charge is 0.240 e. The van der Waals surface area contributed by atoms with Gasteiger partial charge < -0.3 is 15.4 Å². The van der Waals surface area contributed by atoms with E-state index in [2.05, 4.69) is 0 Å². The van der Waals surface area contributed by atoms with Gasteiger partial charge in [0.05, 0.1) is 6.61 Å². The molecule has 1 aliphatic rings. The first-order valence-electron chi connectivity index (χ1n) is 7.37. The van der Waals surface area contributed by atoms with Crippen molar-refractivity contribution in [1.29, 1.82) is 0 Å². The van der Waals surface area contributed by atoms with Gasteiger partial charge in [0.1, 0.15) is 11.8 Å². The van der Waals surface area contributed by atoms with Crippen LogP contribution in [-0.4, -0.2) is 35.9 Å². The molecule has 2 N–H and O–H groups in total. The van der Waals surface area contributed by atoms with Gasteiger partial charge in [-0.2, -0.15) is 0 Å². The number of carbonyl (C=O) groups excluding carboxylic acids is 2. The van der Waals surface area contributed by atoms with E-state index in [0.29, 0.717) is 26.0 Å². The molecular weight excluding hydrogens is 268 g/mol. The average molecular weight is 290 g/mol. The molecule has 1 heterocycles. The Morgan fingerprint density at radius 1 is 1.38 bits per heavy atom. The lowest BCUT2D eigenvalue weighted by Gasteiger charge is -2.25. The lowest BCUT2D eigenvalue weighted by atomic mass is 10.1. The highest BCUT2D eigenvalue weighted by molar-refractivity contribution is 5.88. The van der Waals surface area contributed by atoms with E-state index in [1.807, 2.05) is 37.3 Å². The molecule has 0 aromatic heterocycles. The molecule has 0 spiro atoms. The van der Waals surface area contributed by atoms with Crippen LogP contribution in [0.4, 0.5) is 0 Å². The fourth-order valence-electron chi connectivity index (χ4n) is 2.60. The van der Waals surface area contributed by atoms with E-state index in [0.717, 1.165) is 12.2 Å². The Kier molecular flexibility index (Phi) is 5.20. The number of carbonyl (C=O) groups is 2. The molecule has 2 rings (SSSR count). The van der Waals surface area contributed by atoms with Crippen LogP contribution in [0.25, 0.3) is 0 Å². The summed E-state index contributed by atoms with van der Waals surface area (Å²) >= 11 is 0. The number of nitrogens with zero attached hydrogens (tertiary/aromatic N) is 1. The molecule has 0 unspecified atom stereocenters. The van der Waals surface area contributed by atoms with Gasteiger partial charge in [-0.15, -0.1) is 0 Å². The number of rotatable bonds is 6. The molecular formula is C16H22N2O3. The van der Waals surface area contributed by atoms with E-state index in [-0.39, 0.29) is 11.8 Å². The number of primary amides is 1. The Labute approximate surface area is 125 Å². The highest BCUT2D eigenvalue weighted by Crippen LogP contribution is 2.21. The van der Waals surface area contributed by atoms with Crippen LogP contribution in [0.2, 0.25) is 0 Å². The molecule has 0 aliphatic carbocycles. The number of hydrogen-bond acceptors (Lipinski definition) is 3. The number of nitrogens with two attached hydrogens (primary N) is 1. The van der Waals surface area contributed by atoms with Crippen molar-refractivity contribution in [2.75, 3.05) is 13.2 Å². The summed E-state index contributed by atoms with van der Waals surface area (Å²) in [7, 11) is 0. The standard InChI is InChI=1S/C16H22N2O3/c1-12(9-11-21-13-6-3-2-4-7-13)16(20)18-10-5-8-14(18)15(17)19/h2-4,6-7,12,14H,5,8-11H2,1H3,(H2,17,19)/t12-,14-/m0/s1. The van der Waals surface area contributed by atoms with Gasteiger partial charge in [0.15, 0.2) is 0 Å². The van der Waals surface area contributed by atoms with Crippen LogP contribution in [0, 0.1) is 5.92 Å². The minimum atomic E-state index is -0.435. The molecule has 0 saturated carbocycles. The van der Waals surface area contributed by atoms with Gasteiger partial charge in [-0.05, 0) is 31.4 Å². The first kappa shape index (κ1) is 15.4. The molecule has 2 atom stereocenters. The molecule has 114 valence electrons. The SMILES string of the molecule is C[C@@H](CCOc1ccccc1)C(=O)N1CCC[C@H]1C(N)=O. The largest absolute Gasteiger partial charge is 0.494 e. The Bertz CT molecular complexity index is 490. The van der Waals surface area contributed by atoms with E-state index in [4.69, 9.17) is 10.5 Å². The van der Waals surface area contributed by atoms with Crippen LogP contribution in [-0.2, 0) is 9.59 Å². The van der Waals surface area contributed by atoms with Gasteiger partial charge in [-0.3, -0.25) is 9.59 Å². The van der Waals surface area contributed by atoms with Gasteiger partial charge in [0.25, 0.3) is 0 Å². The average Bonchev–Trinajstić information content (AvgIpc) is 2.97. The van der Waals surface area contributed by atoms with Crippen LogP contribution in [0.5, 0.6) is 5.75 Å². The van der Waals surface area contributed by atoms with Crippen molar-refractivity contribution in [2.24, 2.45) is 11.7 Å². The Hall–Kier alpha value is -2.04. The second-order valence-corrected chi connectivity index (χ2v) is 5.44. The molecule has 5 nitrogen and oxygen atoms in total. The fraction of sp³-hybridized carbons (Fsp3) is 0.500. The number of hydrogen-bond donors (Lipinski definition) is 1. The Morgan fingerprint density at radius 3 is 2.76 bits per heavy atom. The zero-order chi connectivity index (χ0) is 15.2. The maximum Gasteiger partial charge on any atom is 0.240 e. The van der Waals surface area contributed by atoms with Crippen molar-refractivity contribution in [3.05, 3.63) is 30.3 Å². The maximum absolute atomic E-state index is 12.4. The molecule has 1 aromatic carbocycles. The Morgan fingerprint density at radius 2 is 2.10 bits per heavy atom. The summed E-state index contributed by atoms with van der Waals surface area (Å²) in [4.78, 5) is 25.3. The number of ether oxygens (including phenoxy) is 1. The quantitative estimate of drug-likeness (QED) is 0.864. The number of para-hydroxylation sites is 1. The van der Waals surface area contributed by atoms with Crippen LogP contribution in [0.15, 0.2) is 30.3 Å². The summed E-state index contributed by atoms with van der Waals surface area (Å²) in [5.41, 5.74) is 5.34. The van der Waals surface area contributed by atoms with Crippen molar-refractivity contribution in [3.8, 4) is 5.75 Å². The minimum absolute atomic E-state index is 0.00652. The third-order valence-electron chi connectivity index (χ3n) is 3.85. The molecule has 0 radical (unpaired) electrons. The monoisotopic (exact) mass is 290 g/mol. The van der Waals surface area contributed by atoms with Crippen LogP contribution in [0.3, 0.4) is 0 Å². The van der Waals surface area contributed by atoms with Crippen molar-refractivity contribution < 1.29 is 14.3 Å². The van der Waals surface area contributed by atoms with Gasteiger partial charge >= 0.3 is 0 Å². The predicted molar refractivity (Wildman–Crippen MR) is 79.6 cm³/mol. The predicted octanol–water partition coefficient (Wildman–Crippen LogP) is 1.57. The number of amides is 2. The van der Waals surface area contributed by atoms with Crippen LogP contribution in [0.1, 0.15) is 26.2 Å². The molecule has 1 aromatic rings. The number of benzene rings is 1. The van der Waals surface area contributed by atoms with E-state index in [1.165, 1.54) is 0 Å². The third kappa shape index (κ3) is 3.97. The molecule has 1 aliphatic heterocycles. The Balaban J connectivity index is 1.81. The second-order valence-electron chi connectivity index (χ2n) is 5.44. The van der Waals surface area contributed by atoms with Gasteiger partial charge in [0, 0.05) is 12.5 Å². The van der Waals surface area contributed by atoms with E-state index in [9.17, 15) is 9.59 Å². The summed E-state index contributed by atoms with van der Waals surface area (Å²) < 4.78 is 5.60. The minimum Gasteiger partial charge on any atom is -0.494 e. The molecule has 2 amide bonds. The van der Waals surface area contributed by atoms with Crippen LogP contribution < -0.4 is 10.5 Å². The van der Waals surface area contributed by atoms with Crippen molar-refractivity contribution in [3.63, 3.8) is 0 Å². The summed E-state index contributed by atoms with van der Waals surface area (Å²) in [6, 6.07) is 9.08. The first-order chi connectivity index (χ1) is 10.1. The normalized spacial score (nSPS) is 19.3. The summed E-state index contributed by atoms with van der Waals surface area (Å²) in [5, 5.41) is 0. The van der Waals surface area contributed by atoms with Crippen molar-refractivity contribution in [2.45, 2.75) is 32.2 Å². The van der Waals surface area contributed by atoms with E-state index in [1.54, 1.807) is 4.90 Å². The number of likely N-dealkylation sites (tertiary alicyclic amines) is 1. The molecule has 21 heavy (non-hydrogen) atoms. The molecule has 0 bridgehead atoms. The molecule has 1 saturated heterocycles. The zero-order valence-electron chi connectivity index (χ0n) is 12.3. The van der Waals surface area contributed by atoms with Gasteiger partial charge in [-0.1, -0.05) is 25.1 Å². The van der Waals surface area contributed by atoms with E-state index < -0.39 is 11.9 Å². The second kappa shape index (κ2) is 7.11. The summed E-state index contributed by atoms with van der Waals surface area (Å²) in [6.45, 7) is 2.97. The molecule has 5 heteroatoms. The van der Waals surface area contributed by atoms with Crippen molar-refractivity contribution >= 4 is 11.8 Å². The highest BCUT2D eigenvalue weighted by Gasteiger charge is 2.34. The van der Waals surface area contributed by atoms with E-state index >= 15 is 0 Å². The van der Waals surface area contributed by atoms with Gasteiger partial charge in [0.2, 0.25) is 11.8 Å². The first-order valence-corrected chi connectivity index (χ1v) is 7.37. The lowest BCUT2D eigenvalue weighted by Crippen LogP contribution is -2.45. The summed E-state index contributed by atoms with van der Waals surface area (Å²) in [5.74, 6) is 0.212. The highest BCUT2D eigenvalue weighted by atomic mass is 16.5. The van der Waals surface area contributed by atoms with Crippen molar-refractivity contribution in [1.82, 2.24) is 4.90 Å². The zero-order valence-corrected chi connectivity index (χ0v) is 12.3. The topological polar surface area (TPSA) is 72.6 Å². The summed E-state index contributed by atoms with van der Waals surface area (Å²) in [6.07, 6.45) is 2.14. The third-order valence-corrected chi connectivity index (χ3v) is 3.85. The van der Waals surface area contributed by atoms with Crippen LogP contribution >= 0.6 is 0 Å². The molecule has 1 fully saturated rings. The maximum atomic E-state index is 12.4. The fourth-order valence-corrected chi connectivity index (χ4v) is 2.60. The lowest BCUT2D eigenvalue weighted by molar-refractivity contribution is -0.140.